The van der Waals surface area contributed by atoms with E-state index in [1.165, 1.54) is 5.57 Å². The summed E-state index contributed by atoms with van der Waals surface area (Å²) in [5.74, 6) is 0.279. The van der Waals surface area contributed by atoms with E-state index in [1.54, 1.807) is 0 Å². The number of hydrogen-bond donors (Lipinski definition) is 0. The van der Waals surface area contributed by atoms with Gasteiger partial charge in [-0.05, 0) is 38.8 Å². The number of aryl methyl sites for hydroxylation is 2. The Kier molecular flexibility index (Phi) is 5.77. The maximum absolute atomic E-state index is 13.1. The molecule has 0 radical (unpaired) electrons. The Morgan fingerprint density at radius 3 is 2.56 bits per heavy atom. The van der Waals surface area contributed by atoms with Gasteiger partial charge in [-0.2, -0.15) is 0 Å². The zero-order chi connectivity index (χ0) is 19.8. The van der Waals surface area contributed by atoms with Crippen molar-refractivity contribution in [1.29, 1.82) is 0 Å². The van der Waals surface area contributed by atoms with E-state index < -0.39 is 9.84 Å². The van der Waals surface area contributed by atoms with Crippen molar-refractivity contribution in [2.24, 2.45) is 0 Å². The van der Waals surface area contributed by atoms with Gasteiger partial charge in [0.05, 0.1) is 24.0 Å². The second-order valence-corrected chi connectivity index (χ2v) is 10.3. The molecule has 0 aliphatic carbocycles. The number of amides is 1. The average Bonchev–Trinajstić information content (AvgIpc) is 2.90. The third-order valence-corrected chi connectivity index (χ3v) is 7.39. The molecule has 0 aromatic heterocycles. The Morgan fingerprint density at radius 1 is 1.15 bits per heavy atom. The summed E-state index contributed by atoms with van der Waals surface area (Å²) in [6, 6.07) is 5.82. The Hall–Kier alpha value is -1.66. The van der Waals surface area contributed by atoms with Gasteiger partial charge in [0.2, 0.25) is 5.91 Å². The second kappa shape index (κ2) is 7.76. The fourth-order valence-electron chi connectivity index (χ4n) is 4.12. The molecule has 3 rings (SSSR count). The summed E-state index contributed by atoms with van der Waals surface area (Å²) < 4.78 is 24.7. The van der Waals surface area contributed by atoms with Crippen LogP contribution in [-0.2, 0) is 21.1 Å². The van der Waals surface area contributed by atoms with Gasteiger partial charge in [-0.3, -0.25) is 9.69 Å². The molecule has 27 heavy (non-hydrogen) atoms. The van der Waals surface area contributed by atoms with Crippen LogP contribution in [0.5, 0.6) is 0 Å². The van der Waals surface area contributed by atoms with Gasteiger partial charge in [-0.25, -0.2) is 8.42 Å². The molecule has 0 saturated carbocycles. The van der Waals surface area contributed by atoms with E-state index in [9.17, 15) is 13.2 Å². The SMILES string of the molecule is CC(C)=CCN1CCN(C(=O)Cc2cc(C)ccc2C)[C@@H]2CS(=O)(=O)C[C@@H]21. The van der Waals surface area contributed by atoms with Crippen LogP contribution in [0.1, 0.15) is 30.5 Å². The molecule has 0 spiro atoms. The minimum Gasteiger partial charge on any atom is -0.336 e. The fraction of sp³-hybridized carbons (Fsp3) is 0.571. The van der Waals surface area contributed by atoms with Gasteiger partial charge in [-0.1, -0.05) is 35.4 Å². The molecule has 2 aliphatic heterocycles. The first-order valence-corrected chi connectivity index (χ1v) is 11.4. The topological polar surface area (TPSA) is 57.7 Å². The predicted octanol–water partition coefficient (Wildman–Crippen LogP) is 2.12. The van der Waals surface area contributed by atoms with Crippen LogP contribution in [0.25, 0.3) is 0 Å². The van der Waals surface area contributed by atoms with Crippen LogP contribution in [0.2, 0.25) is 0 Å². The summed E-state index contributed by atoms with van der Waals surface area (Å²) in [6.45, 7) is 10.2. The van der Waals surface area contributed by atoms with Crippen molar-refractivity contribution in [2.75, 3.05) is 31.1 Å². The first-order valence-electron chi connectivity index (χ1n) is 9.60. The predicted molar refractivity (Wildman–Crippen MR) is 109 cm³/mol. The standard InChI is InChI=1S/C21H30N2O3S/c1-15(2)7-8-22-9-10-23(20-14-27(25,26)13-19(20)22)21(24)12-18-11-16(3)5-6-17(18)4/h5-7,11,19-20H,8-10,12-14H2,1-4H3/t19-,20+/m0/s1. The number of piperazine rings is 1. The molecule has 5 nitrogen and oxygen atoms in total. The summed E-state index contributed by atoms with van der Waals surface area (Å²) in [6.07, 6.45) is 2.47. The summed E-state index contributed by atoms with van der Waals surface area (Å²) in [5.41, 5.74) is 4.49. The monoisotopic (exact) mass is 390 g/mol. The summed E-state index contributed by atoms with van der Waals surface area (Å²) in [7, 11) is -3.11. The number of hydrogen-bond acceptors (Lipinski definition) is 4. The number of carbonyl (C=O) groups is 1. The van der Waals surface area contributed by atoms with Crippen molar-refractivity contribution in [1.82, 2.24) is 9.80 Å². The molecular formula is C21H30N2O3S. The van der Waals surface area contributed by atoms with E-state index in [2.05, 4.69) is 17.0 Å². The van der Waals surface area contributed by atoms with Gasteiger partial charge in [0.15, 0.2) is 9.84 Å². The minimum absolute atomic E-state index is 0.0395. The highest BCUT2D eigenvalue weighted by Gasteiger charge is 2.47. The zero-order valence-corrected chi connectivity index (χ0v) is 17.6. The molecule has 0 N–H and O–H groups in total. The molecule has 1 aromatic carbocycles. The van der Waals surface area contributed by atoms with E-state index in [1.807, 2.05) is 44.7 Å². The van der Waals surface area contributed by atoms with E-state index in [4.69, 9.17) is 0 Å². The maximum atomic E-state index is 13.1. The summed E-state index contributed by atoms with van der Waals surface area (Å²) in [5, 5.41) is 0. The Labute approximate surface area is 163 Å². The smallest absolute Gasteiger partial charge is 0.227 e. The van der Waals surface area contributed by atoms with Crippen molar-refractivity contribution in [2.45, 2.75) is 46.2 Å². The fourth-order valence-corrected chi connectivity index (χ4v) is 6.13. The largest absolute Gasteiger partial charge is 0.336 e. The van der Waals surface area contributed by atoms with Crippen LogP contribution in [0.4, 0.5) is 0 Å². The number of benzene rings is 1. The quantitative estimate of drug-likeness (QED) is 0.739. The summed E-state index contributed by atoms with van der Waals surface area (Å²) >= 11 is 0. The van der Waals surface area contributed by atoms with Gasteiger partial charge in [0, 0.05) is 25.7 Å². The van der Waals surface area contributed by atoms with Gasteiger partial charge >= 0.3 is 0 Å². The molecule has 2 fully saturated rings. The average molecular weight is 391 g/mol. The van der Waals surface area contributed by atoms with E-state index in [-0.39, 0.29) is 29.5 Å². The van der Waals surface area contributed by atoms with Gasteiger partial charge in [0.1, 0.15) is 0 Å². The van der Waals surface area contributed by atoms with Gasteiger partial charge < -0.3 is 4.90 Å². The Bertz CT molecular complexity index is 856. The third-order valence-electron chi connectivity index (χ3n) is 5.69. The number of rotatable bonds is 4. The lowest BCUT2D eigenvalue weighted by molar-refractivity contribution is -0.136. The van der Waals surface area contributed by atoms with E-state index in [0.29, 0.717) is 13.0 Å². The number of fused-ring (bicyclic) bond motifs is 1. The van der Waals surface area contributed by atoms with Gasteiger partial charge in [-0.15, -0.1) is 0 Å². The van der Waals surface area contributed by atoms with Crippen LogP contribution >= 0.6 is 0 Å². The molecule has 6 heteroatoms. The minimum atomic E-state index is -3.11. The van der Waals surface area contributed by atoms with Crippen molar-refractivity contribution in [3.8, 4) is 0 Å². The highest BCUT2D eigenvalue weighted by atomic mass is 32.2. The highest BCUT2D eigenvalue weighted by Crippen LogP contribution is 2.28. The molecule has 2 heterocycles. The molecule has 0 unspecified atom stereocenters. The molecule has 1 amide bonds. The number of carbonyl (C=O) groups excluding carboxylic acids is 1. The number of allylic oxidation sites excluding steroid dienone is 1. The van der Waals surface area contributed by atoms with Gasteiger partial charge in [0.25, 0.3) is 0 Å². The second-order valence-electron chi connectivity index (χ2n) is 8.18. The molecule has 1 aromatic rings. The molecule has 2 saturated heterocycles. The molecular weight excluding hydrogens is 360 g/mol. The van der Waals surface area contributed by atoms with Crippen LogP contribution in [0.15, 0.2) is 29.8 Å². The normalized spacial score (nSPS) is 24.5. The van der Waals surface area contributed by atoms with Crippen LogP contribution in [-0.4, -0.2) is 67.3 Å². The van der Waals surface area contributed by atoms with Crippen molar-refractivity contribution < 1.29 is 13.2 Å². The molecule has 2 aliphatic rings. The number of nitrogens with zero attached hydrogens (tertiary/aromatic N) is 2. The Morgan fingerprint density at radius 2 is 1.85 bits per heavy atom. The lowest BCUT2D eigenvalue weighted by atomic mass is 10.00. The maximum Gasteiger partial charge on any atom is 0.227 e. The first-order chi connectivity index (χ1) is 12.7. The van der Waals surface area contributed by atoms with Crippen molar-refractivity contribution in [3.63, 3.8) is 0 Å². The summed E-state index contributed by atoms with van der Waals surface area (Å²) in [4.78, 5) is 17.1. The highest BCUT2D eigenvalue weighted by molar-refractivity contribution is 7.91. The Balaban J connectivity index is 1.79. The number of sulfone groups is 1. The van der Waals surface area contributed by atoms with Crippen LogP contribution in [0.3, 0.4) is 0 Å². The lowest BCUT2D eigenvalue weighted by Gasteiger charge is -2.43. The lowest BCUT2D eigenvalue weighted by Crippen LogP contribution is -2.60. The zero-order valence-electron chi connectivity index (χ0n) is 16.7. The van der Waals surface area contributed by atoms with E-state index >= 15 is 0 Å². The van der Waals surface area contributed by atoms with Crippen molar-refractivity contribution in [3.05, 3.63) is 46.5 Å². The molecule has 0 bridgehead atoms. The third kappa shape index (κ3) is 4.61. The van der Waals surface area contributed by atoms with Crippen molar-refractivity contribution >= 4 is 15.7 Å². The first kappa shape index (κ1) is 20.1. The molecule has 2 atom stereocenters. The van der Waals surface area contributed by atoms with Crippen LogP contribution in [0, 0.1) is 13.8 Å². The van der Waals surface area contributed by atoms with Crippen LogP contribution < -0.4 is 0 Å². The van der Waals surface area contributed by atoms with E-state index in [0.717, 1.165) is 29.8 Å². The molecule has 148 valence electrons.